The molecule has 6 nitrogen and oxygen atoms in total. The molecule has 3 aromatic rings. The number of H-pyrrole nitrogens is 1. The molecule has 2 aromatic heterocycles. The Morgan fingerprint density at radius 3 is 2.91 bits per heavy atom. The Morgan fingerprint density at radius 2 is 2.14 bits per heavy atom. The first-order valence-corrected chi connectivity index (χ1v) is 7.12. The summed E-state index contributed by atoms with van der Waals surface area (Å²) in [7, 11) is 0. The Labute approximate surface area is 127 Å². The van der Waals surface area contributed by atoms with Crippen LogP contribution in [0.15, 0.2) is 36.7 Å². The summed E-state index contributed by atoms with van der Waals surface area (Å²) in [6.07, 6.45) is 3.45. The number of aromatic amines is 1. The van der Waals surface area contributed by atoms with E-state index in [1.165, 1.54) is 0 Å². The number of nitrogens with zero attached hydrogens (tertiary/aromatic N) is 2. The Hall–Kier alpha value is -2.60. The van der Waals surface area contributed by atoms with Crippen molar-refractivity contribution in [2.45, 2.75) is 6.92 Å². The van der Waals surface area contributed by atoms with Gasteiger partial charge in [0.15, 0.2) is 0 Å². The lowest BCUT2D eigenvalue weighted by Crippen LogP contribution is -2.02. The van der Waals surface area contributed by atoms with Gasteiger partial charge in [-0.1, -0.05) is 0 Å². The molecule has 0 saturated carbocycles. The summed E-state index contributed by atoms with van der Waals surface area (Å²) in [5.41, 5.74) is 2.59. The van der Waals surface area contributed by atoms with E-state index < -0.39 is 0 Å². The van der Waals surface area contributed by atoms with E-state index in [9.17, 15) is 0 Å². The number of hydrogen-bond acceptors (Lipinski definition) is 5. The molecule has 1 aromatic carbocycles. The Balaban J connectivity index is 2.00. The maximum atomic E-state index is 8.84. The summed E-state index contributed by atoms with van der Waals surface area (Å²) in [6, 6.07) is 7.39. The van der Waals surface area contributed by atoms with Crippen LogP contribution in [0.3, 0.4) is 0 Å². The molecule has 0 atom stereocenters. The van der Waals surface area contributed by atoms with Gasteiger partial charge in [0.25, 0.3) is 0 Å². The van der Waals surface area contributed by atoms with Crippen molar-refractivity contribution in [3.8, 4) is 22.9 Å². The average molecular weight is 299 g/mol. The molecule has 0 bridgehead atoms. The molecule has 0 saturated heterocycles. The van der Waals surface area contributed by atoms with Crippen molar-refractivity contribution in [3.05, 3.63) is 36.7 Å². The van der Waals surface area contributed by atoms with Gasteiger partial charge in [-0.15, -0.1) is 0 Å². The van der Waals surface area contributed by atoms with Crippen molar-refractivity contribution in [1.82, 2.24) is 15.0 Å². The first-order chi connectivity index (χ1) is 10.8. The molecular formula is C16H17N3O3. The number of pyridine rings is 1. The van der Waals surface area contributed by atoms with Gasteiger partial charge in [-0.2, -0.15) is 0 Å². The van der Waals surface area contributed by atoms with Gasteiger partial charge in [0.1, 0.15) is 23.9 Å². The van der Waals surface area contributed by atoms with Gasteiger partial charge in [-0.25, -0.2) is 4.98 Å². The van der Waals surface area contributed by atoms with E-state index >= 15 is 0 Å². The van der Waals surface area contributed by atoms with E-state index in [1.54, 1.807) is 18.5 Å². The topological polar surface area (TPSA) is 80.3 Å². The second kappa shape index (κ2) is 6.44. The zero-order valence-corrected chi connectivity index (χ0v) is 12.2. The minimum absolute atomic E-state index is 0.0255. The first kappa shape index (κ1) is 14.3. The van der Waals surface area contributed by atoms with Crippen molar-refractivity contribution in [2.75, 3.05) is 19.8 Å². The summed E-state index contributed by atoms with van der Waals surface area (Å²) in [5.74, 6) is 2.06. The molecule has 0 spiro atoms. The van der Waals surface area contributed by atoms with Gasteiger partial charge in [-0.05, 0) is 25.1 Å². The van der Waals surface area contributed by atoms with Crippen LogP contribution in [0.25, 0.3) is 22.4 Å². The number of aromatic nitrogens is 3. The first-order valence-electron chi connectivity index (χ1n) is 7.12. The third-order valence-electron chi connectivity index (χ3n) is 3.15. The van der Waals surface area contributed by atoms with Crippen LogP contribution in [-0.4, -0.2) is 39.9 Å². The number of fused-ring (bicyclic) bond motifs is 1. The number of aliphatic hydroxyl groups is 1. The fraction of sp³-hybridized carbons (Fsp3) is 0.250. The SMILES string of the molecule is CCOc1cc(OCCO)ccc1-c1nc2ccncc2[nH]1. The summed E-state index contributed by atoms with van der Waals surface area (Å²) < 4.78 is 11.1. The van der Waals surface area contributed by atoms with E-state index in [0.29, 0.717) is 18.1 Å². The van der Waals surface area contributed by atoms with Crippen LogP contribution in [0.2, 0.25) is 0 Å². The predicted molar refractivity (Wildman–Crippen MR) is 83.1 cm³/mol. The molecular weight excluding hydrogens is 282 g/mol. The highest BCUT2D eigenvalue weighted by Crippen LogP contribution is 2.33. The predicted octanol–water partition coefficient (Wildman–Crippen LogP) is 2.39. The van der Waals surface area contributed by atoms with Crippen LogP contribution < -0.4 is 9.47 Å². The lowest BCUT2D eigenvalue weighted by Gasteiger charge is -2.11. The highest BCUT2D eigenvalue weighted by atomic mass is 16.5. The number of imidazole rings is 1. The lowest BCUT2D eigenvalue weighted by atomic mass is 10.2. The highest BCUT2D eigenvalue weighted by Gasteiger charge is 2.12. The molecule has 0 fully saturated rings. The van der Waals surface area contributed by atoms with Crippen LogP contribution in [0, 0.1) is 0 Å². The molecule has 0 aliphatic rings. The van der Waals surface area contributed by atoms with Gasteiger partial charge in [0.05, 0.1) is 36.0 Å². The average Bonchev–Trinajstić information content (AvgIpc) is 2.97. The summed E-state index contributed by atoms with van der Waals surface area (Å²) >= 11 is 0. The molecule has 0 amide bonds. The molecule has 0 aliphatic carbocycles. The monoisotopic (exact) mass is 299 g/mol. The van der Waals surface area contributed by atoms with E-state index in [-0.39, 0.29) is 13.2 Å². The molecule has 22 heavy (non-hydrogen) atoms. The number of hydrogen-bond donors (Lipinski definition) is 2. The van der Waals surface area contributed by atoms with Crippen molar-refractivity contribution in [3.63, 3.8) is 0 Å². The van der Waals surface area contributed by atoms with Crippen LogP contribution >= 0.6 is 0 Å². The number of benzene rings is 1. The van der Waals surface area contributed by atoms with Crippen molar-refractivity contribution in [2.24, 2.45) is 0 Å². The minimum atomic E-state index is -0.0255. The standard InChI is InChI=1S/C16H17N3O3/c1-2-21-15-9-11(22-8-7-20)3-4-12(15)16-18-13-5-6-17-10-14(13)19-16/h3-6,9-10,20H,2,7-8H2,1H3,(H,18,19). The lowest BCUT2D eigenvalue weighted by molar-refractivity contribution is 0.200. The highest BCUT2D eigenvalue weighted by molar-refractivity contribution is 5.80. The Kier molecular flexibility index (Phi) is 4.20. The molecule has 2 N–H and O–H groups in total. The molecule has 114 valence electrons. The molecule has 6 heteroatoms. The van der Waals surface area contributed by atoms with Gasteiger partial charge in [0, 0.05) is 12.3 Å². The number of aliphatic hydroxyl groups excluding tert-OH is 1. The quantitative estimate of drug-likeness (QED) is 0.730. The van der Waals surface area contributed by atoms with Crippen LogP contribution in [0.5, 0.6) is 11.5 Å². The summed E-state index contributed by atoms with van der Waals surface area (Å²) in [5, 5.41) is 8.84. The zero-order valence-electron chi connectivity index (χ0n) is 12.2. The summed E-state index contributed by atoms with van der Waals surface area (Å²) in [6.45, 7) is 2.69. The second-order valence-corrected chi connectivity index (χ2v) is 4.64. The van der Waals surface area contributed by atoms with Crippen LogP contribution in [0.1, 0.15) is 6.92 Å². The van der Waals surface area contributed by atoms with E-state index in [0.717, 1.165) is 22.4 Å². The van der Waals surface area contributed by atoms with E-state index in [2.05, 4.69) is 15.0 Å². The second-order valence-electron chi connectivity index (χ2n) is 4.64. The van der Waals surface area contributed by atoms with Gasteiger partial charge >= 0.3 is 0 Å². The zero-order chi connectivity index (χ0) is 15.4. The summed E-state index contributed by atoms with van der Waals surface area (Å²) in [4.78, 5) is 11.9. The minimum Gasteiger partial charge on any atom is -0.493 e. The molecule has 0 aliphatic heterocycles. The Bertz CT molecular complexity index is 737. The molecule has 0 radical (unpaired) electrons. The number of rotatable bonds is 6. The van der Waals surface area contributed by atoms with Gasteiger partial charge in [-0.3, -0.25) is 4.98 Å². The number of ether oxygens (including phenoxy) is 2. The molecule has 3 rings (SSSR count). The third-order valence-corrected chi connectivity index (χ3v) is 3.15. The maximum Gasteiger partial charge on any atom is 0.142 e. The van der Waals surface area contributed by atoms with Crippen LogP contribution in [-0.2, 0) is 0 Å². The fourth-order valence-electron chi connectivity index (χ4n) is 2.21. The Morgan fingerprint density at radius 1 is 1.23 bits per heavy atom. The van der Waals surface area contributed by atoms with E-state index in [4.69, 9.17) is 14.6 Å². The van der Waals surface area contributed by atoms with Gasteiger partial charge < -0.3 is 19.6 Å². The molecule has 0 unspecified atom stereocenters. The normalized spacial score (nSPS) is 10.8. The van der Waals surface area contributed by atoms with Crippen molar-refractivity contribution in [1.29, 1.82) is 0 Å². The number of nitrogens with one attached hydrogen (secondary N) is 1. The third kappa shape index (κ3) is 2.87. The van der Waals surface area contributed by atoms with E-state index in [1.807, 2.05) is 25.1 Å². The maximum absolute atomic E-state index is 8.84. The van der Waals surface area contributed by atoms with Crippen molar-refractivity contribution < 1.29 is 14.6 Å². The van der Waals surface area contributed by atoms with Gasteiger partial charge in [0.2, 0.25) is 0 Å². The van der Waals surface area contributed by atoms with Crippen molar-refractivity contribution >= 4 is 11.0 Å². The fourth-order valence-corrected chi connectivity index (χ4v) is 2.21. The smallest absolute Gasteiger partial charge is 0.142 e. The largest absolute Gasteiger partial charge is 0.493 e. The van der Waals surface area contributed by atoms with Crippen LogP contribution in [0.4, 0.5) is 0 Å². The molecule has 2 heterocycles.